The SMILES string of the molecule is Cc1c(-c2c(-c3ccc(F)cc3)sc3ncnc(O[C@H](Cc4ccccc4OCc4ccnn4CC(F)(F)F)C(=O)O)c23)ccc(OCCN2CCN(C)CC2)c1Cl. The molecule has 1 aliphatic rings. The molecule has 3 aromatic carbocycles. The lowest BCUT2D eigenvalue weighted by atomic mass is 9.96. The van der Waals surface area contributed by atoms with Crippen LogP contribution in [0.1, 0.15) is 16.8 Å². The van der Waals surface area contributed by atoms with Crippen molar-refractivity contribution in [2.24, 2.45) is 0 Å². The third-order valence-electron chi connectivity index (χ3n) is 9.86. The first-order valence-electron chi connectivity index (χ1n) is 18.4. The first-order chi connectivity index (χ1) is 27.8. The van der Waals surface area contributed by atoms with E-state index in [0.29, 0.717) is 60.3 Å². The van der Waals surface area contributed by atoms with Crippen LogP contribution in [0.15, 0.2) is 79.3 Å². The average molecular weight is 839 g/mol. The van der Waals surface area contributed by atoms with Gasteiger partial charge in [-0.3, -0.25) is 9.58 Å². The molecule has 7 rings (SSSR count). The monoisotopic (exact) mass is 838 g/mol. The van der Waals surface area contributed by atoms with Crippen molar-refractivity contribution in [2.75, 3.05) is 46.4 Å². The molecule has 0 saturated carbocycles. The fourth-order valence-electron chi connectivity index (χ4n) is 6.73. The molecule has 17 heteroatoms. The maximum atomic E-state index is 14.1. The molecule has 11 nitrogen and oxygen atoms in total. The maximum absolute atomic E-state index is 14.1. The summed E-state index contributed by atoms with van der Waals surface area (Å²) >= 11 is 8.30. The highest BCUT2D eigenvalue weighted by Crippen LogP contribution is 2.49. The fourth-order valence-corrected chi connectivity index (χ4v) is 8.10. The highest BCUT2D eigenvalue weighted by atomic mass is 35.5. The van der Waals surface area contributed by atoms with Gasteiger partial charge in [0, 0.05) is 55.8 Å². The lowest BCUT2D eigenvalue weighted by Gasteiger charge is -2.32. The van der Waals surface area contributed by atoms with Gasteiger partial charge in [-0.05, 0) is 66.6 Å². The smallest absolute Gasteiger partial charge is 0.408 e. The van der Waals surface area contributed by atoms with E-state index in [2.05, 4.69) is 31.9 Å². The molecule has 1 atom stereocenters. The van der Waals surface area contributed by atoms with Crippen LogP contribution in [0.3, 0.4) is 0 Å². The summed E-state index contributed by atoms with van der Waals surface area (Å²) in [6.45, 7) is 5.44. The quantitative estimate of drug-likeness (QED) is 0.102. The Morgan fingerprint density at radius 1 is 0.983 bits per heavy atom. The minimum absolute atomic E-state index is 0.00510. The molecule has 0 unspecified atom stereocenters. The standard InChI is InChI=1S/C41H39ClF4N6O5S/c1-25-30(11-12-32(36(25)42)55-20-19-51-17-15-50(2)16-18-51)34-35-38(47-24-48-39(35)58-37(34)26-7-9-28(43)10-8-26)57-33(40(53)54)21-27-5-3-4-6-31(27)56-22-29-13-14-49-52(29)23-41(44,45)46/h3-14,24,33H,15-23H2,1-2H3,(H,53,54)/t33-/m1/s1. The Morgan fingerprint density at radius 3 is 2.48 bits per heavy atom. The number of halogens is 5. The third kappa shape index (κ3) is 9.52. The predicted molar refractivity (Wildman–Crippen MR) is 212 cm³/mol. The second-order valence-corrected chi connectivity index (χ2v) is 15.2. The van der Waals surface area contributed by atoms with E-state index in [9.17, 15) is 27.5 Å². The summed E-state index contributed by atoms with van der Waals surface area (Å²) in [5.74, 6) is -0.930. The Kier molecular flexibility index (Phi) is 12.5. The van der Waals surface area contributed by atoms with Crippen molar-refractivity contribution >= 4 is 39.1 Å². The predicted octanol–water partition coefficient (Wildman–Crippen LogP) is 8.16. The Labute approximate surface area is 340 Å². The molecule has 304 valence electrons. The average Bonchev–Trinajstić information content (AvgIpc) is 3.80. The van der Waals surface area contributed by atoms with Crippen molar-refractivity contribution in [2.45, 2.75) is 38.8 Å². The highest BCUT2D eigenvalue weighted by Gasteiger charge is 2.30. The molecule has 0 radical (unpaired) electrons. The van der Waals surface area contributed by atoms with Gasteiger partial charge in [0.05, 0.1) is 16.1 Å². The minimum Gasteiger partial charge on any atom is -0.491 e. The number of piperazine rings is 1. The Balaban J connectivity index is 1.20. The van der Waals surface area contributed by atoms with Gasteiger partial charge >= 0.3 is 12.1 Å². The van der Waals surface area contributed by atoms with E-state index in [0.717, 1.165) is 37.4 Å². The number of fused-ring (bicyclic) bond motifs is 1. The number of carboxylic acid groups (broad SMARTS) is 1. The van der Waals surface area contributed by atoms with Crippen LogP contribution in [0.25, 0.3) is 31.8 Å². The van der Waals surface area contributed by atoms with E-state index >= 15 is 0 Å². The summed E-state index contributed by atoms with van der Waals surface area (Å²) < 4.78 is 72.6. The van der Waals surface area contributed by atoms with Crippen LogP contribution in [0.5, 0.6) is 17.4 Å². The number of benzene rings is 3. The number of alkyl halides is 3. The van der Waals surface area contributed by atoms with E-state index in [-0.39, 0.29) is 30.4 Å². The summed E-state index contributed by atoms with van der Waals surface area (Å²) in [6, 6.07) is 17.7. The Hall–Kier alpha value is -5.29. The van der Waals surface area contributed by atoms with Crippen molar-refractivity contribution in [3.8, 4) is 38.9 Å². The van der Waals surface area contributed by atoms with E-state index in [1.807, 2.05) is 13.0 Å². The molecule has 1 fully saturated rings. The number of aliphatic carboxylic acids is 1. The number of para-hydroxylation sites is 1. The van der Waals surface area contributed by atoms with E-state index in [1.165, 1.54) is 42.1 Å². The third-order valence-corrected chi connectivity index (χ3v) is 11.5. The molecule has 0 aliphatic carbocycles. The Bertz CT molecular complexity index is 2380. The van der Waals surface area contributed by atoms with Crippen LogP contribution < -0.4 is 14.2 Å². The first kappa shape index (κ1) is 40.9. The van der Waals surface area contributed by atoms with Gasteiger partial charge in [-0.25, -0.2) is 19.2 Å². The molecule has 0 bridgehead atoms. The number of nitrogens with zero attached hydrogens (tertiary/aromatic N) is 6. The number of thiophene rings is 1. The largest absolute Gasteiger partial charge is 0.491 e. The number of likely N-dealkylation sites (N-methyl/N-ethyl adjacent to an activating group) is 1. The van der Waals surface area contributed by atoms with E-state index < -0.39 is 30.6 Å². The summed E-state index contributed by atoms with van der Waals surface area (Å²) in [4.78, 5) is 27.6. The number of aromatic nitrogens is 4. The molecule has 4 heterocycles. The zero-order valence-corrected chi connectivity index (χ0v) is 33.1. The second-order valence-electron chi connectivity index (χ2n) is 13.9. The summed E-state index contributed by atoms with van der Waals surface area (Å²) in [7, 11) is 2.11. The normalized spacial score (nSPS) is 14.5. The zero-order chi connectivity index (χ0) is 41.0. The molecular formula is C41H39ClF4N6O5S. The lowest BCUT2D eigenvalue weighted by Crippen LogP contribution is -2.45. The van der Waals surface area contributed by atoms with Crippen LogP contribution in [0.4, 0.5) is 17.6 Å². The van der Waals surface area contributed by atoms with Crippen molar-refractivity contribution < 1.29 is 41.7 Å². The molecular weight excluding hydrogens is 800 g/mol. The van der Waals surface area contributed by atoms with Gasteiger partial charge in [0.1, 0.15) is 48.2 Å². The summed E-state index contributed by atoms with van der Waals surface area (Å²) in [5, 5.41) is 15.0. The van der Waals surface area contributed by atoms with Gasteiger partial charge in [0.25, 0.3) is 0 Å². The van der Waals surface area contributed by atoms with Crippen molar-refractivity contribution in [3.63, 3.8) is 0 Å². The number of carboxylic acids is 1. The lowest BCUT2D eigenvalue weighted by molar-refractivity contribution is -0.145. The fraction of sp³-hybridized carbons (Fsp3) is 0.317. The molecule has 1 N–H and O–H groups in total. The molecule has 0 spiro atoms. The number of carbonyl (C=O) groups is 1. The molecule has 3 aromatic heterocycles. The van der Waals surface area contributed by atoms with Crippen LogP contribution in [0.2, 0.25) is 5.02 Å². The van der Waals surface area contributed by atoms with Crippen molar-refractivity contribution in [1.29, 1.82) is 0 Å². The van der Waals surface area contributed by atoms with Gasteiger partial charge in [0.15, 0.2) is 0 Å². The van der Waals surface area contributed by atoms with E-state index in [1.54, 1.807) is 42.5 Å². The molecule has 6 aromatic rings. The maximum Gasteiger partial charge on any atom is 0.408 e. The second kappa shape index (κ2) is 17.7. The molecule has 0 amide bonds. The van der Waals surface area contributed by atoms with Gasteiger partial charge in [-0.15, -0.1) is 11.3 Å². The first-order valence-corrected chi connectivity index (χ1v) is 19.6. The summed E-state index contributed by atoms with van der Waals surface area (Å²) in [6.07, 6.45) is -3.62. The minimum atomic E-state index is -4.48. The van der Waals surface area contributed by atoms with Gasteiger partial charge in [-0.1, -0.05) is 48.0 Å². The zero-order valence-electron chi connectivity index (χ0n) is 31.5. The number of ether oxygens (including phenoxy) is 3. The molecule has 1 saturated heterocycles. The number of rotatable bonds is 15. The molecule has 1 aliphatic heterocycles. The number of hydrogen-bond acceptors (Lipinski definition) is 10. The Morgan fingerprint density at radius 2 is 1.74 bits per heavy atom. The summed E-state index contributed by atoms with van der Waals surface area (Å²) in [5.41, 5.74) is 3.31. The molecule has 58 heavy (non-hydrogen) atoms. The van der Waals surface area contributed by atoms with Crippen molar-refractivity contribution in [1.82, 2.24) is 29.5 Å². The topological polar surface area (TPSA) is 115 Å². The van der Waals surface area contributed by atoms with Gasteiger partial charge in [0.2, 0.25) is 12.0 Å². The van der Waals surface area contributed by atoms with Crippen molar-refractivity contribution in [3.05, 3.63) is 107 Å². The van der Waals surface area contributed by atoms with Crippen LogP contribution in [-0.4, -0.2) is 99.3 Å². The van der Waals surface area contributed by atoms with Crippen LogP contribution in [0, 0.1) is 12.7 Å². The van der Waals surface area contributed by atoms with E-state index in [4.69, 9.17) is 25.8 Å². The number of hydrogen-bond donors (Lipinski definition) is 1. The van der Waals surface area contributed by atoms with Gasteiger partial charge in [-0.2, -0.15) is 18.3 Å². The van der Waals surface area contributed by atoms with Gasteiger partial charge < -0.3 is 24.2 Å². The van der Waals surface area contributed by atoms with Crippen LogP contribution >= 0.6 is 22.9 Å². The highest BCUT2D eigenvalue weighted by molar-refractivity contribution is 7.22. The van der Waals surface area contributed by atoms with Crippen LogP contribution in [-0.2, 0) is 24.4 Å².